The van der Waals surface area contributed by atoms with E-state index in [4.69, 9.17) is 10.00 Å². The first-order valence-corrected chi connectivity index (χ1v) is 6.12. The van der Waals surface area contributed by atoms with Crippen LogP contribution in [0.3, 0.4) is 0 Å². The molecule has 0 spiro atoms. The smallest absolute Gasteiger partial charge is 0.0962 e. The van der Waals surface area contributed by atoms with Crippen molar-refractivity contribution in [3.8, 4) is 6.07 Å². The number of nitrogens with one attached hydrogen (secondary N) is 1. The van der Waals surface area contributed by atoms with Crippen molar-refractivity contribution in [3.63, 3.8) is 0 Å². The average Bonchev–Trinajstić information content (AvgIpc) is 2.06. The van der Waals surface area contributed by atoms with Gasteiger partial charge in [-0.05, 0) is 26.0 Å². The van der Waals surface area contributed by atoms with E-state index in [0.29, 0.717) is 11.3 Å². The maximum atomic E-state index is 8.86. The molecule has 1 saturated heterocycles. The molecule has 80 valence electrons. The molecule has 1 atom stereocenters. The van der Waals surface area contributed by atoms with Crippen LogP contribution in [0.4, 0.5) is 0 Å². The summed E-state index contributed by atoms with van der Waals surface area (Å²) in [6, 6.07) is 2.68. The molecule has 1 rings (SSSR count). The largest absolute Gasteiger partial charge is 0.379 e. The summed E-state index contributed by atoms with van der Waals surface area (Å²) in [6.45, 7) is 5.91. The highest BCUT2D eigenvalue weighted by Gasteiger charge is 2.19. The summed E-state index contributed by atoms with van der Waals surface area (Å²) in [7, 11) is 0. The zero-order valence-corrected chi connectivity index (χ0v) is 9.64. The van der Waals surface area contributed by atoms with E-state index in [1.807, 2.05) is 11.8 Å². The normalized spacial score (nSPS) is 19.0. The predicted octanol–water partition coefficient (Wildman–Crippen LogP) is 1.40. The molecule has 1 fully saturated rings. The molecule has 0 aliphatic carbocycles. The van der Waals surface area contributed by atoms with Crippen LogP contribution in [-0.2, 0) is 4.74 Å². The first-order valence-electron chi connectivity index (χ1n) is 5.07. The molecule has 0 amide bonds. The van der Waals surface area contributed by atoms with E-state index in [9.17, 15) is 0 Å². The van der Waals surface area contributed by atoms with Crippen LogP contribution >= 0.6 is 11.8 Å². The van der Waals surface area contributed by atoms with Crippen molar-refractivity contribution in [2.45, 2.75) is 37.6 Å². The number of ether oxygens (including phenoxy) is 1. The minimum Gasteiger partial charge on any atom is -0.379 e. The van der Waals surface area contributed by atoms with Gasteiger partial charge in [0.05, 0.1) is 30.6 Å². The Morgan fingerprint density at radius 2 is 2.29 bits per heavy atom. The van der Waals surface area contributed by atoms with Crippen LogP contribution in [0.5, 0.6) is 0 Å². The Kier molecular flexibility index (Phi) is 5.31. The molecule has 1 heterocycles. The van der Waals surface area contributed by atoms with Crippen molar-refractivity contribution in [2.75, 3.05) is 19.0 Å². The molecule has 4 heteroatoms. The Morgan fingerprint density at radius 3 is 2.71 bits per heavy atom. The maximum absolute atomic E-state index is 8.86. The molecular weight excluding hydrogens is 196 g/mol. The van der Waals surface area contributed by atoms with Gasteiger partial charge in [-0.15, -0.1) is 0 Å². The van der Waals surface area contributed by atoms with Crippen LogP contribution in [0, 0.1) is 11.3 Å². The predicted molar refractivity (Wildman–Crippen MR) is 59.4 cm³/mol. The van der Waals surface area contributed by atoms with E-state index < -0.39 is 0 Å². The molecule has 1 unspecified atom stereocenters. The zero-order chi connectivity index (χ0) is 10.4. The third kappa shape index (κ3) is 4.32. The lowest BCUT2D eigenvalue weighted by Crippen LogP contribution is -2.35. The second-order valence-electron chi connectivity index (χ2n) is 3.82. The highest BCUT2D eigenvalue weighted by atomic mass is 32.2. The minimum atomic E-state index is 0.00324. The number of thioether (sulfide) groups is 1. The van der Waals surface area contributed by atoms with Crippen LogP contribution < -0.4 is 5.32 Å². The number of hydrogen-bond donors (Lipinski definition) is 1. The molecule has 1 aliphatic rings. The van der Waals surface area contributed by atoms with Gasteiger partial charge in [0, 0.05) is 6.04 Å². The molecule has 0 radical (unpaired) electrons. The fraction of sp³-hybridized carbons (Fsp3) is 0.900. The monoisotopic (exact) mass is 214 g/mol. The van der Waals surface area contributed by atoms with Crippen molar-refractivity contribution in [1.82, 2.24) is 5.32 Å². The Labute approximate surface area is 90.2 Å². The van der Waals surface area contributed by atoms with E-state index in [2.05, 4.69) is 25.2 Å². The fourth-order valence-electron chi connectivity index (χ4n) is 1.25. The number of nitriles is 1. The first kappa shape index (κ1) is 11.8. The lowest BCUT2D eigenvalue weighted by atomic mass is 10.2. The number of hydrogen-bond acceptors (Lipinski definition) is 4. The lowest BCUT2D eigenvalue weighted by molar-refractivity contribution is 0.0455. The number of nitrogens with zero attached hydrogens (tertiary/aromatic N) is 1. The van der Waals surface area contributed by atoms with Gasteiger partial charge < -0.3 is 4.74 Å². The lowest BCUT2D eigenvalue weighted by Gasteiger charge is -2.25. The van der Waals surface area contributed by atoms with E-state index >= 15 is 0 Å². The zero-order valence-electron chi connectivity index (χ0n) is 8.82. The van der Waals surface area contributed by atoms with Gasteiger partial charge in [-0.3, -0.25) is 5.32 Å². The molecule has 1 N–H and O–H groups in total. The van der Waals surface area contributed by atoms with Crippen LogP contribution in [0.15, 0.2) is 0 Å². The van der Waals surface area contributed by atoms with Gasteiger partial charge in [0.1, 0.15) is 0 Å². The Hall–Kier alpha value is -0.240. The maximum Gasteiger partial charge on any atom is 0.0962 e. The van der Waals surface area contributed by atoms with E-state index in [1.165, 1.54) is 0 Å². The third-order valence-electron chi connectivity index (χ3n) is 2.06. The molecule has 0 saturated carbocycles. The molecule has 0 aromatic rings. The van der Waals surface area contributed by atoms with Crippen molar-refractivity contribution in [1.29, 1.82) is 5.26 Å². The van der Waals surface area contributed by atoms with E-state index in [-0.39, 0.29) is 6.04 Å². The molecule has 1 aliphatic heterocycles. The minimum absolute atomic E-state index is 0.00324. The van der Waals surface area contributed by atoms with Gasteiger partial charge >= 0.3 is 0 Å². The van der Waals surface area contributed by atoms with E-state index in [0.717, 1.165) is 25.4 Å². The fourth-order valence-corrected chi connectivity index (χ4v) is 2.34. The second kappa shape index (κ2) is 6.28. The van der Waals surface area contributed by atoms with Crippen molar-refractivity contribution in [3.05, 3.63) is 0 Å². The topological polar surface area (TPSA) is 45.0 Å². The summed E-state index contributed by atoms with van der Waals surface area (Å²) in [5, 5.41) is 12.8. The van der Waals surface area contributed by atoms with Gasteiger partial charge in [0.25, 0.3) is 0 Å². The second-order valence-corrected chi connectivity index (χ2v) is 5.23. The first-order chi connectivity index (χ1) is 6.72. The van der Waals surface area contributed by atoms with Gasteiger partial charge in [-0.2, -0.15) is 17.0 Å². The summed E-state index contributed by atoms with van der Waals surface area (Å²) in [5.41, 5.74) is 0. The SMILES string of the molecule is CC(C)NC(C#N)CCSC1COC1. The molecule has 3 nitrogen and oxygen atoms in total. The van der Waals surface area contributed by atoms with Crippen molar-refractivity contribution < 1.29 is 4.74 Å². The van der Waals surface area contributed by atoms with Crippen molar-refractivity contribution >= 4 is 11.8 Å². The third-order valence-corrected chi connectivity index (χ3v) is 3.27. The Morgan fingerprint density at radius 1 is 1.57 bits per heavy atom. The molecule has 0 aromatic heterocycles. The summed E-state index contributed by atoms with van der Waals surface area (Å²) < 4.78 is 5.08. The van der Waals surface area contributed by atoms with Gasteiger partial charge in [-0.1, -0.05) is 0 Å². The summed E-state index contributed by atoms with van der Waals surface area (Å²) in [4.78, 5) is 0. The van der Waals surface area contributed by atoms with Gasteiger partial charge in [-0.25, -0.2) is 0 Å². The Balaban J connectivity index is 2.04. The van der Waals surface area contributed by atoms with Gasteiger partial charge in [0.2, 0.25) is 0 Å². The Bertz CT molecular complexity index is 199. The van der Waals surface area contributed by atoms with Crippen LogP contribution in [0.25, 0.3) is 0 Å². The standard InChI is InChI=1S/C10H18N2OS/c1-8(2)12-9(5-11)3-4-14-10-6-13-7-10/h8-10,12H,3-4,6-7H2,1-2H3. The average molecular weight is 214 g/mol. The van der Waals surface area contributed by atoms with Crippen LogP contribution in [0.1, 0.15) is 20.3 Å². The van der Waals surface area contributed by atoms with Gasteiger partial charge in [0.15, 0.2) is 0 Å². The number of rotatable bonds is 6. The highest BCUT2D eigenvalue weighted by molar-refractivity contribution is 8.00. The van der Waals surface area contributed by atoms with Crippen LogP contribution in [0.2, 0.25) is 0 Å². The highest BCUT2D eigenvalue weighted by Crippen LogP contribution is 2.19. The molecule has 0 aromatic carbocycles. The summed E-state index contributed by atoms with van der Waals surface area (Å²) in [6.07, 6.45) is 0.926. The molecule has 0 bridgehead atoms. The molecular formula is C10H18N2OS. The molecule has 14 heavy (non-hydrogen) atoms. The van der Waals surface area contributed by atoms with Crippen LogP contribution in [-0.4, -0.2) is 36.3 Å². The quantitative estimate of drug-likeness (QED) is 0.726. The van der Waals surface area contributed by atoms with E-state index in [1.54, 1.807) is 0 Å². The summed E-state index contributed by atoms with van der Waals surface area (Å²) >= 11 is 1.92. The summed E-state index contributed by atoms with van der Waals surface area (Å²) in [5.74, 6) is 1.05. The van der Waals surface area contributed by atoms with Crippen molar-refractivity contribution in [2.24, 2.45) is 0 Å².